The summed E-state index contributed by atoms with van der Waals surface area (Å²) >= 11 is 12.9. The van der Waals surface area contributed by atoms with Crippen molar-refractivity contribution in [2.45, 2.75) is 10.9 Å². The monoisotopic (exact) mass is 318 g/mol. The SMILES string of the molecule is Cn1[nH]c(=O)c(=O)nc1SCc1ccc(Cl)nc1Cl. The van der Waals surface area contributed by atoms with Crippen LogP contribution in [-0.2, 0) is 12.8 Å². The van der Waals surface area contributed by atoms with Gasteiger partial charge in [0.25, 0.3) is 0 Å². The van der Waals surface area contributed by atoms with E-state index in [0.29, 0.717) is 21.2 Å². The summed E-state index contributed by atoms with van der Waals surface area (Å²) in [6, 6.07) is 3.37. The van der Waals surface area contributed by atoms with Crippen molar-refractivity contribution in [3.63, 3.8) is 0 Å². The van der Waals surface area contributed by atoms with Gasteiger partial charge in [-0.25, -0.2) is 4.98 Å². The average molecular weight is 319 g/mol. The van der Waals surface area contributed by atoms with Crippen molar-refractivity contribution >= 4 is 35.0 Å². The van der Waals surface area contributed by atoms with Crippen LogP contribution in [0.25, 0.3) is 0 Å². The molecule has 0 unspecified atom stereocenters. The molecule has 0 bridgehead atoms. The van der Waals surface area contributed by atoms with Crippen LogP contribution in [-0.4, -0.2) is 19.7 Å². The minimum Gasteiger partial charge on any atom is -0.265 e. The highest BCUT2D eigenvalue weighted by atomic mass is 35.5. The second-order valence-electron chi connectivity index (χ2n) is 3.57. The number of thioether (sulfide) groups is 1. The summed E-state index contributed by atoms with van der Waals surface area (Å²) in [6.45, 7) is 0. The molecule has 2 aromatic rings. The number of halogens is 2. The lowest BCUT2D eigenvalue weighted by molar-refractivity contribution is 0.596. The molecule has 0 aliphatic carbocycles. The molecule has 1 N–H and O–H groups in total. The molecule has 0 aliphatic rings. The number of nitrogens with zero attached hydrogens (tertiary/aromatic N) is 3. The number of aryl methyl sites for hydroxylation is 1. The molecule has 9 heteroatoms. The summed E-state index contributed by atoms with van der Waals surface area (Å²) < 4.78 is 1.38. The fraction of sp³-hybridized carbons (Fsp3) is 0.200. The molecule has 0 fully saturated rings. The van der Waals surface area contributed by atoms with Gasteiger partial charge in [0.1, 0.15) is 10.3 Å². The maximum atomic E-state index is 11.2. The molecule has 0 aliphatic heterocycles. The second-order valence-corrected chi connectivity index (χ2v) is 5.26. The Morgan fingerprint density at radius 3 is 2.74 bits per heavy atom. The molecule has 0 saturated carbocycles. The van der Waals surface area contributed by atoms with E-state index in [-0.39, 0.29) is 0 Å². The van der Waals surface area contributed by atoms with E-state index in [1.165, 1.54) is 16.4 Å². The van der Waals surface area contributed by atoms with Crippen LogP contribution < -0.4 is 11.1 Å². The summed E-state index contributed by atoms with van der Waals surface area (Å²) in [5, 5.41) is 3.36. The molecule has 0 radical (unpaired) electrons. The van der Waals surface area contributed by atoms with Crippen molar-refractivity contribution in [3.05, 3.63) is 48.7 Å². The number of hydrogen-bond acceptors (Lipinski definition) is 5. The number of nitrogens with one attached hydrogen (secondary N) is 1. The summed E-state index contributed by atoms with van der Waals surface area (Å²) in [4.78, 5) is 29.8. The van der Waals surface area contributed by atoms with E-state index in [1.54, 1.807) is 19.2 Å². The molecular formula is C10H8Cl2N4O2S. The number of H-pyrrole nitrogens is 1. The van der Waals surface area contributed by atoms with Gasteiger partial charge in [0.2, 0.25) is 0 Å². The van der Waals surface area contributed by atoms with Gasteiger partial charge in [0, 0.05) is 12.8 Å². The van der Waals surface area contributed by atoms with Crippen molar-refractivity contribution in [3.8, 4) is 0 Å². The molecule has 0 aromatic carbocycles. The molecule has 2 heterocycles. The predicted octanol–water partition coefficient (Wildman–Crippen LogP) is 1.46. The third-order valence-electron chi connectivity index (χ3n) is 2.20. The Bertz CT molecular complexity index is 728. The Balaban J connectivity index is 2.21. The highest BCUT2D eigenvalue weighted by molar-refractivity contribution is 7.98. The lowest BCUT2D eigenvalue weighted by Gasteiger charge is -2.06. The minimum atomic E-state index is -0.819. The smallest absolute Gasteiger partial charge is 0.265 e. The summed E-state index contributed by atoms with van der Waals surface area (Å²) in [6.07, 6.45) is 0. The number of hydrogen-bond donors (Lipinski definition) is 1. The molecule has 19 heavy (non-hydrogen) atoms. The second kappa shape index (κ2) is 5.77. The summed E-state index contributed by atoms with van der Waals surface area (Å²) in [5.74, 6) is 0.454. The Morgan fingerprint density at radius 1 is 1.32 bits per heavy atom. The molecule has 0 saturated heterocycles. The van der Waals surface area contributed by atoms with Crippen LogP contribution in [0.15, 0.2) is 26.9 Å². The third-order valence-corrected chi connectivity index (χ3v) is 3.81. The molecule has 2 rings (SSSR count). The molecule has 100 valence electrons. The maximum absolute atomic E-state index is 11.2. The Hall–Kier alpha value is -1.31. The van der Waals surface area contributed by atoms with E-state index in [1.807, 2.05) is 0 Å². The van der Waals surface area contributed by atoms with Gasteiger partial charge >= 0.3 is 11.1 Å². The highest BCUT2D eigenvalue weighted by Gasteiger charge is 2.08. The number of rotatable bonds is 3. The Morgan fingerprint density at radius 2 is 2.05 bits per heavy atom. The number of aromatic nitrogens is 4. The molecule has 2 aromatic heterocycles. The van der Waals surface area contributed by atoms with Crippen LogP contribution in [0.3, 0.4) is 0 Å². The van der Waals surface area contributed by atoms with Gasteiger partial charge in [0.15, 0.2) is 5.16 Å². The fourth-order valence-electron chi connectivity index (χ4n) is 1.28. The van der Waals surface area contributed by atoms with Gasteiger partial charge in [-0.05, 0) is 11.6 Å². The first-order chi connectivity index (χ1) is 8.97. The van der Waals surface area contributed by atoms with Gasteiger partial charge in [-0.15, -0.1) is 0 Å². The van der Waals surface area contributed by atoms with Crippen LogP contribution in [0.2, 0.25) is 10.3 Å². The van der Waals surface area contributed by atoms with Crippen molar-refractivity contribution in [1.29, 1.82) is 0 Å². The van der Waals surface area contributed by atoms with E-state index >= 15 is 0 Å². The Labute approximate surface area is 121 Å². The van der Waals surface area contributed by atoms with Gasteiger partial charge < -0.3 is 0 Å². The van der Waals surface area contributed by atoms with Crippen molar-refractivity contribution < 1.29 is 0 Å². The van der Waals surface area contributed by atoms with Gasteiger partial charge in [-0.2, -0.15) is 4.98 Å². The molecule has 0 atom stereocenters. The lowest BCUT2D eigenvalue weighted by Crippen LogP contribution is -2.33. The predicted molar refractivity (Wildman–Crippen MR) is 73.9 cm³/mol. The fourth-order valence-corrected chi connectivity index (χ4v) is 2.68. The van der Waals surface area contributed by atoms with E-state index in [9.17, 15) is 9.59 Å². The van der Waals surface area contributed by atoms with E-state index < -0.39 is 11.1 Å². The maximum Gasteiger partial charge on any atom is 0.339 e. The zero-order valence-corrected chi connectivity index (χ0v) is 12.0. The summed E-state index contributed by atoms with van der Waals surface area (Å²) in [7, 11) is 1.60. The van der Waals surface area contributed by atoms with Crippen LogP contribution in [0.1, 0.15) is 5.56 Å². The number of aromatic amines is 1. The Kier molecular flexibility index (Phi) is 4.28. The highest BCUT2D eigenvalue weighted by Crippen LogP contribution is 2.24. The quantitative estimate of drug-likeness (QED) is 0.526. The first-order valence-electron chi connectivity index (χ1n) is 5.08. The van der Waals surface area contributed by atoms with Crippen molar-refractivity contribution in [1.82, 2.24) is 19.7 Å². The molecule has 0 spiro atoms. The van der Waals surface area contributed by atoms with E-state index in [2.05, 4.69) is 15.1 Å². The summed E-state index contributed by atoms with van der Waals surface area (Å²) in [5.41, 5.74) is -0.810. The zero-order valence-electron chi connectivity index (χ0n) is 9.68. The van der Waals surface area contributed by atoms with Crippen LogP contribution >= 0.6 is 35.0 Å². The third kappa shape index (κ3) is 3.37. The van der Waals surface area contributed by atoms with Gasteiger partial charge in [-0.3, -0.25) is 19.4 Å². The first-order valence-corrected chi connectivity index (χ1v) is 6.82. The van der Waals surface area contributed by atoms with Gasteiger partial charge in [-0.1, -0.05) is 41.0 Å². The van der Waals surface area contributed by atoms with Gasteiger partial charge in [0.05, 0.1) is 0 Å². The van der Waals surface area contributed by atoms with Crippen molar-refractivity contribution in [2.24, 2.45) is 7.05 Å². The first kappa shape index (κ1) is 14.1. The molecule has 6 nitrogen and oxygen atoms in total. The van der Waals surface area contributed by atoms with Crippen LogP contribution in [0.4, 0.5) is 0 Å². The molecule has 0 amide bonds. The van der Waals surface area contributed by atoms with E-state index in [0.717, 1.165) is 5.56 Å². The largest absolute Gasteiger partial charge is 0.339 e. The van der Waals surface area contributed by atoms with Crippen LogP contribution in [0.5, 0.6) is 0 Å². The average Bonchev–Trinajstić information content (AvgIpc) is 2.34. The zero-order chi connectivity index (χ0) is 14.0. The minimum absolute atomic E-state index is 0.300. The topological polar surface area (TPSA) is 80.6 Å². The van der Waals surface area contributed by atoms with Crippen LogP contribution in [0, 0.1) is 0 Å². The normalized spacial score (nSPS) is 10.7. The van der Waals surface area contributed by atoms with Crippen molar-refractivity contribution in [2.75, 3.05) is 0 Å². The number of pyridine rings is 1. The van der Waals surface area contributed by atoms with E-state index in [4.69, 9.17) is 23.2 Å². The standard InChI is InChI=1S/C10H8Cl2N4O2S/c1-16-10(14-8(17)9(18)15-16)19-4-5-2-3-6(11)13-7(5)12/h2-3H,4H2,1H3,(H,15,18). The molecular weight excluding hydrogens is 311 g/mol. The lowest BCUT2D eigenvalue weighted by atomic mass is 10.3.